The summed E-state index contributed by atoms with van der Waals surface area (Å²) in [5, 5.41) is 0. The second-order valence-electron chi connectivity index (χ2n) is 4.39. The van der Waals surface area contributed by atoms with Crippen molar-refractivity contribution < 1.29 is 8.42 Å². The third kappa shape index (κ3) is 3.20. The van der Waals surface area contributed by atoms with E-state index in [1.54, 1.807) is 38.5 Å². The summed E-state index contributed by atoms with van der Waals surface area (Å²) in [5.41, 5.74) is 0.851. The molecular weight excluding hydrogens is 316 g/mol. The number of sulfonamides is 1. The van der Waals surface area contributed by atoms with Gasteiger partial charge in [-0.3, -0.25) is 4.98 Å². The Balaban J connectivity index is 2.27. The van der Waals surface area contributed by atoms with Crippen LogP contribution in [0.3, 0.4) is 0 Å². The van der Waals surface area contributed by atoms with Crippen LogP contribution in [0.25, 0.3) is 0 Å². The first-order valence-electron chi connectivity index (χ1n) is 5.95. The molecule has 0 radical (unpaired) electrons. The predicted molar refractivity (Wildman–Crippen MR) is 81.5 cm³/mol. The average molecular weight is 331 g/mol. The van der Waals surface area contributed by atoms with E-state index in [0.717, 1.165) is 15.3 Å². The van der Waals surface area contributed by atoms with Gasteiger partial charge in [-0.25, -0.2) is 8.42 Å². The molecule has 0 spiro atoms. The van der Waals surface area contributed by atoms with Crippen LogP contribution in [0.5, 0.6) is 0 Å². The van der Waals surface area contributed by atoms with Gasteiger partial charge in [0, 0.05) is 35.7 Å². The van der Waals surface area contributed by atoms with Crippen molar-refractivity contribution in [2.75, 3.05) is 7.05 Å². The summed E-state index contributed by atoms with van der Waals surface area (Å²) in [5.74, 6) is 0.327. The predicted octanol–water partition coefficient (Wildman–Crippen LogP) is 3.01. The fourth-order valence-electron chi connectivity index (χ4n) is 1.85. The number of hydrogen-bond acceptors (Lipinski definition) is 4. The highest BCUT2D eigenvalue weighted by Gasteiger charge is 2.24. The summed E-state index contributed by atoms with van der Waals surface area (Å²) >= 11 is 7.18. The van der Waals surface area contributed by atoms with Crippen molar-refractivity contribution in [1.29, 1.82) is 0 Å². The first-order valence-corrected chi connectivity index (χ1v) is 8.74. The van der Waals surface area contributed by atoms with E-state index in [0.29, 0.717) is 17.3 Å². The minimum atomic E-state index is -3.50. The zero-order chi connectivity index (χ0) is 14.8. The first-order chi connectivity index (χ1) is 9.45. The molecule has 2 heterocycles. The molecule has 20 heavy (non-hydrogen) atoms. The lowest BCUT2D eigenvalue weighted by Crippen LogP contribution is -2.26. The van der Waals surface area contributed by atoms with Gasteiger partial charge in [0.05, 0.1) is 10.8 Å². The number of hydrogen-bond donors (Lipinski definition) is 0. The summed E-state index contributed by atoms with van der Waals surface area (Å²) in [6.45, 7) is 2.09. The number of halogens is 1. The maximum atomic E-state index is 12.6. The van der Waals surface area contributed by atoms with E-state index < -0.39 is 10.0 Å². The summed E-state index contributed by atoms with van der Waals surface area (Å²) in [7, 11) is -1.93. The van der Waals surface area contributed by atoms with Crippen LogP contribution in [-0.2, 0) is 22.4 Å². The second-order valence-corrected chi connectivity index (χ2v) is 8.01. The number of alkyl halides is 1. The molecule has 0 saturated carbocycles. The Bertz CT molecular complexity index is 684. The van der Waals surface area contributed by atoms with Gasteiger partial charge in [0.25, 0.3) is 0 Å². The van der Waals surface area contributed by atoms with Crippen molar-refractivity contribution in [1.82, 2.24) is 9.29 Å². The normalized spacial score (nSPS) is 12.0. The van der Waals surface area contributed by atoms with Gasteiger partial charge in [0.15, 0.2) is 0 Å². The molecular formula is C13H15ClN2O2S2. The Morgan fingerprint density at radius 3 is 2.75 bits per heavy atom. The van der Waals surface area contributed by atoms with Gasteiger partial charge >= 0.3 is 0 Å². The van der Waals surface area contributed by atoms with Crippen LogP contribution in [0.4, 0.5) is 0 Å². The summed E-state index contributed by atoms with van der Waals surface area (Å²) < 4.78 is 26.4. The standard InChI is InChI=1S/C13H15ClN2O2S2/c1-10-13(6-12(7-14)19-10)20(17,18)16(2)9-11-4-3-5-15-8-11/h3-6,8H,7,9H2,1-2H3. The zero-order valence-corrected chi connectivity index (χ0v) is 13.6. The topological polar surface area (TPSA) is 50.3 Å². The van der Waals surface area contributed by atoms with Gasteiger partial charge in [0.2, 0.25) is 10.0 Å². The Hall–Kier alpha value is -0.950. The van der Waals surface area contributed by atoms with Crippen LogP contribution in [0.1, 0.15) is 15.3 Å². The molecule has 0 unspecified atom stereocenters. The van der Waals surface area contributed by atoms with E-state index in [1.165, 1.54) is 15.6 Å². The highest BCUT2D eigenvalue weighted by Crippen LogP contribution is 2.29. The molecule has 0 aliphatic carbocycles. The van der Waals surface area contributed by atoms with E-state index in [1.807, 2.05) is 6.07 Å². The highest BCUT2D eigenvalue weighted by atomic mass is 35.5. The molecule has 108 valence electrons. The fraction of sp³-hybridized carbons (Fsp3) is 0.308. The van der Waals surface area contributed by atoms with Gasteiger partial charge in [-0.05, 0) is 24.6 Å². The van der Waals surface area contributed by atoms with Crippen LogP contribution in [0, 0.1) is 6.92 Å². The molecule has 0 aliphatic heterocycles. The lowest BCUT2D eigenvalue weighted by Gasteiger charge is -2.16. The molecule has 0 aromatic carbocycles. The van der Waals surface area contributed by atoms with Crippen molar-refractivity contribution in [2.24, 2.45) is 0 Å². The molecule has 0 fully saturated rings. The second kappa shape index (κ2) is 6.22. The number of thiophene rings is 1. The van der Waals surface area contributed by atoms with Crippen LogP contribution in [0.2, 0.25) is 0 Å². The number of nitrogens with zero attached hydrogens (tertiary/aromatic N) is 2. The summed E-state index contributed by atoms with van der Waals surface area (Å²) in [6, 6.07) is 5.29. The molecule has 4 nitrogen and oxygen atoms in total. The Labute approximate surface area is 128 Å². The van der Waals surface area contributed by atoms with E-state index in [4.69, 9.17) is 11.6 Å². The molecule has 0 aliphatic rings. The number of pyridine rings is 1. The molecule has 2 aromatic rings. The van der Waals surface area contributed by atoms with E-state index in [2.05, 4.69) is 4.98 Å². The van der Waals surface area contributed by atoms with Gasteiger partial charge in [0.1, 0.15) is 0 Å². The smallest absolute Gasteiger partial charge is 0.244 e. The highest BCUT2D eigenvalue weighted by molar-refractivity contribution is 7.89. The van der Waals surface area contributed by atoms with Crippen molar-refractivity contribution in [2.45, 2.75) is 24.2 Å². The quantitative estimate of drug-likeness (QED) is 0.792. The Morgan fingerprint density at radius 2 is 2.20 bits per heavy atom. The maximum absolute atomic E-state index is 12.6. The maximum Gasteiger partial charge on any atom is 0.244 e. The Morgan fingerprint density at radius 1 is 1.45 bits per heavy atom. The minimum absolute atomic E-state index is 0.293. The lowest BCUT2D eigenvalue weighted by molar-refractivity contribution is 0.466. The fourth-order valence-corrected chi connectivity index (χ4v) is 4.70. The molecule has 2 aromatic heterocycles. The van der Waals surface area contributed by atoms with Gasteiger partial charge < -0.3 is 0 Å². The van der Waals surface area contributed by atoms with Crippen molar-refractivity contribution in [3.63, 3.8) is 0 Å². The van der Waals surface area contributed by atoms with Gasteiger partial charge in [-0.1, -0.05) is 6.07 Å². The molecule has 0 bridgehead atoms. The van der Waals surface area contributed by atoms with Crippen LogP contribution >= 0.6 is 22.9 Å². The summed E-state index contributed by atoms with van der Waals surface area (Å²) in [4.78, 5) is 5.95. The largest absolute Gasteiger partial charge is 0.264 e. The number of rotatable bonds is 5. The minimum Gasteiger partial charge on any atom is -0.264 e. The van der Waals surface area contributed by atoms with Crippen LogP contribution < -0.4 is 0 Å². The number of aromatic nitrogens is 1. The summed E-state index contributed by atoms with van der Waals surface area (Å²) in [6.07, 6.45) is 3.32. The monoisotopic (exact) mass is 330 g/mol. The van der Waals surface area contributed by atoms with Crippen LogP contribution in [0.15, 0.2) is 35.5 Å². The SMILES string of the molecule is Cc1sc(CCl)cc1S(=O)(=O)N(C)Cc1cccnc1. The lowest BCUT2D eigenvalue weighted by atomic mass is 10.3. The van der Waals surface area contributed by atoms with Gasteiger partial charge in [-0.15, -0.1) is 22.9 Å². The third-order valence-electron chi connectivity index (χ3n) is 2.87. The van der Waals surface area contributed by atoms with Gasteiger partial charge in [-0.2, -0.15) is 4.31 Å². The Kier molecular flexibility index (Phi) is 4.80. The molecule has 0 N–H and O–H groups in total. The van der Waals surface area contributed by atoms with Crippen molar-refractivity contribution >= 4 is 33.0 Å². The third-order valence-corrected chi connectivity index (χ3v) is 6.43. The first kappa shape index (κ1) is 15.4. The molecule has 0 amide bonds. The molecule has 0 saturated heterocycles. The molecule has 7 heteroatoms. The van der Waals surface area contributed by atoms with E-state index in [-0.39, 0.29) is 0 Å². The van der Waals surface area contributed by atoms with Crippen LogP contribution in [-0.4, -0.2) is 24.8 Å². The van der Waals surface area contributed by atoms with E-state index >= 15 is 0 Å². The average Bonchev–Trinajstić information content (AvgIpc) is 2.82. The van der Waals surface area contributed by atoms with Crippen molar-refractivity contribution in [3.05, 3.63) is 45.9 Å². The van der Waals surface area contributed by atoms with E-state index in [9.17, 15) is 8.42 Å². The molecule has 0 atom stereocenters. The zero-order valence-electron chi connectivity index (χ0n) is 11.2. The number of aryl methyl sites for hydroxylation is 1. The molecule has 2 rings (SSSR count). The van der Waals surface area contributed by atoms with Crippen molar-refractivity contribution in [3.8, 4) is 0 Å².